The number of hydrogen-bond acceptors (Lipinski definition) is 7. The predicted octanol–water partition coefficient (Wildman–Crippen LogP) is -0.0930. The second-order valence-electron chi connectivity index (χ2n) is 3.79. The third-order valence-electron chi connectivity index (χ3n) is 1.98. The minimum atomic E-state index is -4.53. The van der Waals surface area contributed by atoms with E-state index in [1.807, 2.05) is 0 Å². The van der Waals surface area contributed by atoms with Crippen LogP contribution in [0.5, 0.6) is 0 Å². The molecule has 19 heavy (non-hydrogen) atoms. The van der Waals surface area contributed by atoms with Gasteiger partial charge in [0.05, 0.1) is 11.0 Å². The number of benzene rings is 1. The minimum Gasteiger partial charge on any atom is -0.635 e. The topological polar surface area (TPSA) is 128 Å². The Balaban J connectivity index is 2.56. The van der Waals surface area contributed by atoms with Crippen molar-refractivity contribution < 1.29 is 28.9 Å². The Morgan fingerprint density at radius 3 is 2.68 bits per heavy atom. The maximum atomic E-state index is 11.3. The molecule has 1 rings (SSSR count). The number of nitro benzene ring substituents is 1. The number of phosphoric ester groups is 1. The number of rotatable bonds is 7. The van der Waals surface area contributed by atoms with Crippen LogP contribution in [0.15, 0.2) is 24.3 Å². The lowest BCUT2D eigenvalue weighted by Gasteiger charge is -2.31. The summed E-state index contributed by atoms with van der Waals surface area (Å²) in [6.07, 6.45) is -0.941. The maximum absolute atomic E-state index is 11.3. The largest absolute Gasteiger partial charge is 0.635 e. The Hall–Kier alpha value is -1.15. The van der Waals surface area contributed by atoms with Crippen LogP contribution in [0.3, 0.4) is 0 Å². The normalized spacial score (nSPS) is 13.3. The monoisotopic (exact) mass is 290 g/mol. The van der Waals surface area contributed by atoms with Crippen LogP contribution in [0.2, 0.25) is 0 Å². The molecule has 0 saturated carbocycles. The van der Waals surface area contributed by atoms with E-state index in [2.05, 4.69) is 9.05 Å². The highest BCUT2D eigenvalue weighted by molar-refractivity contribution is 7.51. The standard InChI is InChI=1S/C10H14NO7P/c1-8(12)6-17-19(15,16)18-7-9-3-2-4-10(5-9)11(13)14/h2-5,8,12H,6-7H2,1H3,(H,15,16)/p-1. The molecule has 1 aromatic carbocycles. The number of hydrogen-bond donors (Lipinski definition) is 1. The van der Waals surface area contributed by atoms with Gasteiger partial charge >= 0.3 is 0 Å². The van der Waals surface area contributed by atoms with Crippen LogP contribution in [0, 0.1) is 10.1 Å². The fraction of sp³-hybridized carbons (Fsp3) is 0.400. The predicted molar refractivity (Wildman–Crippen MR) is 62.4 cm³/mol. The Bertz CT molecular complexity index is 438. The molecule has 0 fully saturated rings. The number of aliphatic hydroxyl groups excluding tert-OH is 1. The van der Waals surface area contributed by atoms with E-state index in [1.165, 1.54) is 31.2 Å². The Morgan fingerprint density at radius 2 is 2.11 bits per heavy atom. The quantitative estimate of drug-likeness (QED) is 0.422. The summed E-state index contributed by atoms with van der Waals surface area (Å²) in [5.41, 5.74) is 0.164. The van der Waals surface area contributed by atoms with Crippen molar-refractivity contribution in [1.29, 1.82) is 0 Å². The molecule has 106 valence electrons. The molecule has 0 spiro atoms. The van der Waals surface area contributed by atoms with Gasteiger partial charge in [-0.25, -0.2) is 9.05 Å². The molecule has 0 aromatic heterocycles. The average Bonchev–Trinajstić information content (AvgIpc) is 2.35. The van der Waals surface area contributed by atoms with Crippen molar-refractivity contribution in [3.05, 3.63) is 39.9 Å². The van der Waals surface area contributed by atoms with Crippen molar-refractivity contribution in [2.75, 3.05) is 6.61 Å². The van der Waals surface area contributed by atoms with E-state index in [-0.39, 0.29) is 12.3 Å². The van der Waals surface area contributed by atoms with Crippen LogP contribution in [-0.2, 0) is 15.7 Å². The fourth-order valence-corrected chi connectivity index (χ4v) is 1.93. The number of non-ortho nitro benzene ring substituents is 1. The number of nitrogens with zero attached hydrogens (tertiary/aromatic N) is 1. The van der Waals surface area contributed by atoms with Gasteiger partial charge in [-0.1, -0.05) is 12.1 Å². The molecule has 0 heterocycles. The molecule has 0 aliphatic rings. The summed E-state index contributed by atoms with van der Waals surface area (Å²) in [5.74, 6) is 0. The van der Waals surface area contributed by atoms with Gasteiger partial charge in [0.1, 0.15) is 13.2 Å². The smallest absolute Gasteiger partial charge is 0.269 e. The Labute approximate surface area is 110 Å². The van der Waals surface area contributed by atoms with Crippen LogP contribution in [-0.4, -0.2) is 22.7 Å². The molecule has 0 aliphatic carbocycles. The highest BCUT2D eigenvalue weighted by Crippen LogP contribution is 2.43. The van der Waals surface area contributed by atoms with Gasteiger partial charge in [0.15, 0.2) is 8.17 Å². The number of aliphatic hydroxyl groups is 1. The molecule has 1 aromatic rings. The lowest BCUT2D eigenvalue weighted by atomic mass is 10.2. The summed E-state index contributed by atoms with van der Waals surface area (Å²) in [6.45, 7) is 0.582. The first kappa shape index (κ1) is 15.9. The molecule has 9 heteroatoms. The fourth-order valence-electron chi connectivity index (χ4n) is 1.15. The van der Waals surface area contributed by atoms with Crippen LogP contribution in [0.1, 0.15) is 12.5 Å². The van der Waals surface area contributed by atoms with Gasteiger partial charge in [-0.15, -0.1) is 0 Å². The van der Waals surface area contributed by atoms with E-state index >= 15 is 0 Å². The first-order chi connectivity index (χ1) is 8.80. The van der Waals surface area contributed by atoms with Gasteiger partial charge in [0.25, 0.3) is 5.69 Å². The molecule has 0 bridgehead atoms. The van der Waals surface area contributed by atoms with Crippen LogP contribution in [0.4, 0.5) is 5.69 Å². The van der Waals surface area contributed by atoms with Gasteiger partial charge in [0, 0.05) is 12.1 Å². The van der Waals surface area contributed by atoms with Crippen molar-refractivity contribution in [3.8, 4) is 0 Å². The SMILES string of the molecule is CC(O)CO[P+]([O-])([O-])OCc1cccc([N+](=O)[O-])c1. The molecule has 1 atom stereocenters. The second-order valence-corrected chi connectivity index (χ2v) is 5.20. The van der Waals surface area contributed by atoms with Gasteiger partial charge in [-0.2, -0.15) is 0 Å². The molecule has 0 radical (unpaired) electrons. The van der Waals surface area contributed by atoms with E-state index in [0.717, 1.165) is 0 Å². The lowest BCUT2D eigenvalue weighted by Crippen LogP contribution is -2.29. The molecule has 0 amide bonds. The van der Waals surface area contributed by atoms with E-state index in [1.54, 1.807) is 0 Å². The van der Waals surface area contributed by atoms with E-state index in [4.69, 9.17) is 5.11 Å². The van der Waals surface area contributed by atoms with Crippen molar-refractivity contribution in [2.45, 2.75) is 19.6 Å². The molecule has 1 unspecified atom stereocenters. The highest BCUT2D eigenvalue weighted by Gasteiger charge is 2.18. The zero-order valence-corrected chi connectivity index (χ0v) is 11.0. The zero-order chi connectivity index (χ0) is 14.5. The zero-order valence-electron chi connectivity index (χ0n) is 10.1. The Kier molecular flexibility index (Phi) is 5.74. The summed E-state index contributed by atoms with van der Waals surface area (Å²) in [5, 5.41) is 19.4. The third-order valence-corrected chi connectivity index (χ3v) is 2.90. The highest BCUT2D eigenvalue weighted by atomic mass is 31.2. The second kappa shape index (κ2) is 6.85. The molecule has 0 saturated heterocycles. The number of nitro groups is 1. The van der Waals surface area contributed by atoms with Crippen LogP contribution < -0.4 is 9.79 Å². The summed E-state index contributed by atoms with van der Waals surface area (Å²) < 4.78 is 8.93. The first-order valence-electron chi connectivity index (χ1n) is 5.32. The first-order valence-corrected chi connectivity index (χ1v) is 6.78. The Morgan fingerprint density at radius 1 is 1.42 bits per heavy atom. The van der Waals surface area contributed by atoms with Gasteiger partial charge in [-0.05, 0) is 12.5 Å². The molecular weight excluding hydrogens is 277 g/mol. The van der Waals surface area contributed by atoms with E-state index < -0.39 is 25.8 Å². The summed E-state index contributed by atoms with van der Waals surface area (Å²) in [4.78, 5) is 32.5. The van der Waals surface area contributed by atoms with Crippen molar-refractivity contribution in [2.24, 2.45) is 0 Å². The van der Waals surface area contributed by atoms with Crippen LogP contribution in [0.25, 0.3) is 0 Å². The summed E-state index contributed by atoms with van der Waals surface area (Å²) in [7, 11) is -4.53. The molecule has 1 N–H and O–H groups in total. The van der Waals surface area contributed by atoms with Gasteiger partial charge in [0.2, 0.25) is 0 Å². The van der Waals surface area contributed by atoms with Crippen molar-refractivity contribution >= 4 is 13.9 Å². The van der Waals surface area contributed by atoms with Gasteiger partial charge < -0.3 is 14.9 Å². The van der Waals surface area contributed by atoms with Gasteiger partial charge in [-0.3, -0.25) is 10.1 Å². The molecular formula is C10H13NO7P-. The van der Waals surface area contributed by atoms with Crippen LogP contribution >= 0.6 is 8.17 Å². The average molecular weight is 290 g/mol. The number of phosphoric acid groups is 1. The summed E-state index contributed by atoms with van der Waals surface area (Å²) in [6, 6.07) is 5.39. The van der Waals surface area contributed by atoms with E-state index in [9.17, 15) is 19.9 Å². The summed E-state index contributed by atoms with van der Waals surface area (Å²) >= 11 is 0. The van der Waals surface area contributed by atoms with Crippen molar-refractivity contribution in [3.63, 3.8) is 0 Å². The molecule has 8 nitrogen and oxygen atoms in total. The van der Waals surface area contributed by atoms with E-state index in [0.29, 0.717) is 5.56 Å². The van der Waals surface area contributed by atoms with Crippen molar-refractivity contribution in [1.82, 2.24) is 0 Å². The molecule has 0 aliphatic heterocycles. The lowest BCUT2D eigenvalue weighted by molar-refractivity contribution is -0.385. The minimum absolute atomic E-state index is 0.160. The third kappa shape index (κ3) is 6.02. The maximum Gasteiger partial charge on any atom is 0.269 e.